The highest BCUT2D eigenvalue weighted by molar-refractivity contribution is 5.59. The molecule has 0 radical (unpaired) electrons. The average Bonchev–Trinajstić information content (AvgIpc) is 2.38. The summed E-state index contributed by atoms with van der Waals surface area (Å²) in [6.07, 6.45) is 0. The fourth-order valence-electron chi connectivity index (χ4n) is 2.13. The van der Waals surface area contributed by atoms with Gasteiger partial charge in [0.2, 0.25) is 0 Å². The van der Waals surface area contributed by atoms with Gasteiger partial charge in [0.25, 0.3) is 0 Å². The molecule has 0 fully saturated rings. The summed E-state index contributed by atoms with van der Waals surface area (Å²) in [4.78, 5) is 0. The van der Waals surface area contributed by atoms with Gasteiger partial charge in [0.05, 0.1) is 0 Å². The summed E-state index contributed by atoms with van der Waals surface area (Å²) in [7, 11) is 0. The minimum Gasteiger partial charge on any atom is -0.507 e. The van der Waals surface area contributed by atoms with Gasteiger partial charge in [0.15, 0.2) is 0 Å². The average molecular weight is 277 g/mol. The van der Waals surface area contributed by atoms with Crippen molar-refractivity contribution in [3.63, 3.8) is 0 Å². The second-order valence-electron chi connectivity index (χ2n) is 4.97. The van der Waals surface area contributed by atoms with Crippen molar-refractivity contribution in [2.24, 2.45) is 0 Å². The van der Waals surface area contributed by atoms with Crippen molar-refractivity contribution in [2.75, 3.05) is 5.32 Å². The van der Waals surface area contributed by atoms with Crippen LogP contribution in [0.2, 0.25) is 0 Å². The van der Waals surface area contributed by atoms with Crippen LogP contribution in [0, 0.1) is 25.5 Å². The fourth-order valence-corrected chi connectivity index (χ4v) is 2.13. The van der Waals surface area contributed by atoms with E-state index < -0.39 is 11.6 Å². The molecule has 2 aromatic rings. The Kier molecular flexibility index (Phi) is 3.93. The number of hydrogen-bond donors (Lipinski definition) is 2. The van der Waals surface area contributed by atoms with E-state index in [2.05, 4.69) is 5.32 Å². The standard InChI is InChI=1S/C16H17F2NO/c1-9-4-5-15(10(2)16(9)20)19-11(3)12-6-13(17)8-14(18)7-12/h4-8,11,19-20H,1-3H3. The smallest absolute Gasteiger partial charge is 0.126 e. The van der Waals surface area contributed by atoms with Crippen LogP contribution in [0.5, 0.6) is 5.75 Å². The molecule has 0 aromatic heterocycles. The third kappa shape index (κ3) is 2.90. The zero-order valence-corrected chi connectivity index (χ0v) is 11.7. The van der Waals surface area contributed by atoms with Gasteiger partial charge in [-0.25, -0.2) is 8.78 Å². The lowest BCUT2D eigenvalue weighted by molar-refractivity contribution is 0.467. The van der Waals surface area contributed by atoms with Crippen LogP contribution in [0.3, 0.4) is 0 Å². The molecule has 2 rings (SSSR count). The highest BCUT2D eigenvalue weighted by atomic mass is 19.1. The summed E-state index contributed by atoms with van der Waals surface area (Å²) in [6, 6.07) is 6.80. The van der Waals surface area contributed by atoms with Crippen LogP contribution in [0.15, 0.2) is 30.3 Å². The first kappa shape index (κ1) is 14.3. The summed E-state index contributed by atoms with van der Waals surface area (Å²) < 4.78 is 26.4. The first-order chi connectivity index (χ1) is 9.38. The van der Waals surface area contributed by atoms with E-state index in [1.165, 1.54) is 12.1 Å². The van der Waals surface area contributed by atoms with E-state index in [1.807, 2.05) is 19.9 Å². The van der Waals surface area contributed by atoms with Gasteiger partial charge in [-0.2, -0.15) is 0 Å². The molecular formula is C16H17F2NO. The van der Waals surface area contributed by atoms with E-state index in [9.17, 15) is 13.9 Å². The van der Waals surface area contributed by atoms with Crippen LogP contribution in [-0.4, -0.2) is 5.11 Å². The lowest BCUT2D eigenvalue weighted by atomic mass is 10.0. The maximum Gasteiger partial charge on any atom is 0.126 e. The maximum atomic E-state index is 13.2. The van der Waals surface area contributed by atoms with Crippen molar-refractivity contribution in [1.82, 2.24) is 0 Å². The Morgan fingerprint density at radius 3 is 2.25 bits per heavy atom. The molecule has 0 spiro atoms. The van der Waals surface area contributed by atoms with Crippen LogP contribution in [-0.2, 0) is 0 Å². The quantitative estimate of drug-likeness (QED) is 0.868. The maximum absolute atomic E-state index is 13.2. The Morgan fingerprint density at radius 1 is 1.05 bits per heavy atom. The molecule has 0 heterocycles. The molecule has 2 N–H and O–H groups in total. The predicted octanol–water partition coefficient (Wildman–Crippen LogP) is 4.46. The molecule has 0 aliphatic rings. The number of aryl methyl sites for hydroxylation is 1. The summed E-state index contributed by atoms with van der Waals surface area (Å²) in [6.45, 7) is 5.42. The highest BCUT2D eigenvalue weighted by Gasteiger charge is 2.12. The molecule has 0 saturated heterocycles. The Bertz CT molecular complexity index is 620. The monoisotopic (exact) mass is 277 g/mol. The Hall–Kier alpha value is -2.10. The number of rotatable bonds is 3. The predicted molar refractivity (Wildman–Crippen MR) is 76.0 cm³/mol. The van der Waals surface area contributed by atoms with Gasteiger partial charge >= 0.3 is 0 Å². The van der Waals surface area contributed by atoms with E-state index in [-0.39, 0.29) is 11.8 Å². The van der Waals surface area contributed by atoms with E-state index in [4.69, 9.17) is 0 Å². The molecule has 0 amide bonds. The third-order valence-corrected chi connectivity index (χ3v) is 3.39. The molecule has 106 valence electrons. The van der Waals surface area contributed by atoms with Crippen molar-refractivity contribution in [1.29, 1.82) is 0 Å². The van der Waals surface area contributed by atoms with Crippen LogP contribution in [0.1, 0.15) is 29.7 Å². The zero-order chi connectivity index (χ0) is 14.9. The van der Waals surface area contributed by atoms with E-state index >= 15 is 0 Å². The van der Waals surface area contributed by atoms with Gasteiger partial charge in [-0.3, -0.25) is 0 Å². The van der Waals surface area contributed by atoms with Gasteiger partial charge in [0.1, 0.15) is 17.4 Å². The van der Waals surface area contributed by atoms with Crippen molar-refractivity contribution >= 4 is 5.69 Å². The van der Waals surface area contributed by atoms with Gasteiger partial charge in [-0.05, 0) is 50.1 Å². The van der Waals surface area contributed by atoms with E-state index in [0.717, 1.165) is 17.3 Å². The number of phenols is 1. The van der Waals surface area contributed by atoms with Crippen molar-refractivity contribution in [3.8, 4) is 5.75 Å². The van der Waals surface area contributed by atoms with Crippen LogP contribution >= 0.6 is 0 Å². The van der Waals surface area contributed by atoms with E-state index in [0.29, 0.717) is 11.1 Å². The molecule has 20 heavy (non-hydrogen) atoms. The number of hydrogen-bond acceptors (Lipinski definition) is 2. The number of anilines is 1. The minimum absolute atomic E-state index is 0.229. The lowest BCUT2D eigenvalue weighted by Gasteiger charge is -2.19. The molecule has 0 aliphatic heterocycles. The summed E-state index contributed by atoms with van der Waals surface area (Å²) in [5.74, 6) is -0.970. The van der Waals surface area contributed by atoms with Crippen LogP contribution in [0.4, 0.5) is 14.5 Å². The minimum atomic E-state index is -0.600. The number of nitrogens with one attached hydrogen (secondary N) is 1. The summed E-state index contributed by atoms with van der Waals surface area (Å²) in [5.41, 5.74) is 2.76. The van der Waals surface area contributed by atoms with Gasteiger partial charge in [0, 0.05) is 23.4 Å². The molecule has 1 atom stereocenters. The van der Waals surface area contributed by atoms with Crippen molar-refractivity contribution < 1.29 is 13.9 Å². The van der Waals surface area contributed by atoms with Crippen molar-refractivity contribution in [3.05, 3.63) is 58.7 Å². The molecule has 1 unspecified atom stereocenters. The lowest BCUT2D eigenvalue weighted by Crippen LogP contribution is -2.08. The van der Waals surface area contributed by atoms with Gasteiger partial charge < -0.3 is 10.4 Å². The van der Waals surface area contributed by atoms with Gasteiger partial charge in [-0.1, -0.05) is 6.07 Å². The van der Waals surface area contributed by atoms with Crippen LogP contribution in [0.25, 0.3) is 0 Å². The zero-order valence-electron chi connectivity index (χ0n) is 11.7. The largest absolute Gasteiger partial charge is 0.507 e. The second-order valence-corrected chi connectivity index (χ2v) is 4.97. The Balaban J connectivity index is 2.28. The van der Waals surface area contributed by atoms with Gasteiger partial charge in [-0.15, -0.1) is 0 Å². The normalized spacial score (nSPS) is 12.2. The second kappa shape index (κ2) is 5.49. The first-order valence-corrected chi connectivity index (χ1v) is 6.40. The third-order valence-electron chi connectivity index (χ3n) is 3.39. The van der Waals surface area contributed by atoms with Crippen LogP contribution < -0.4 is 5.32 Å². The number of aromatic hydroxyl groups is 1. The molecule has 2 nitrogen and oxygen atoms in total. The number of phenolic OH excluding ortho intramolecular Hbond substituents is 1. The molecule has 0 bridgehead atoms. The topological polar surface area (TPSA) is 32.3 Å². The molecule has 4 heteroatoms. The molecule has 2 aromatic carbocycles. The highest BCUT2D eigenvalue weighted by Crippen LogP contribution is 2.30. The molecule has 0 aliphatic carbocycles. The Labute approximate surface area is 117 Å². The fraction of sp³-hybridized carbons (Fsp3) is 0.250. The summed E-state index contributed by atoms with van der Waals surface area (Å²) >= 11 is 0. The molecule has 0 saturated carbocycles. The SMILES string of the molecule is Cc1ccc(NC(C)c2cc(F)cc(F)c2)c(C)c1O. The molecular weight excluding hydrogens is 260 g/mol. The first-order valence-electron chi connectivity index (χ1n) is 6.40. The number of benzene rings is 2. The van der Waals surface area contributed by atoms with E-state index in [1.54, 1.807) is 13.0 Å². The van der Waals surface area contributed by atoms with Crippen molar-refractivity contribution in [2.45, 2.75) is 26.8 Å². The summed E-state index contributed by atoms with van der Waals surface area (Å²) in [5, 5.41) is 13.1. The Morgan fingerprint density at radius 2 is 1.65 bits per heavy atom. The number of halogens is 2.